The summed E-state index contributed by atoms with van der Waals surface area (Å²) in [6.45, 7) is 2.48. The van der Waals surface area contributed by atoms with Crippen molar-refractivity contribution in [2.24, 2.45) is 5.92 Å². The summed E-state index contributed by atoms with van der Waals surface area (Å²) in [7, 11) is 1.64. The molecule has 0 saturated carbocycles. The van der Waals surface area contributed by atoms with Gasteiger partial charge in [0.1, 0.15) is 0 Å². The topological polar surface area (TPSA) is 58.6 Å². The number of rotatable bonds is 4. The second-order valence-electron chi connectivity index (χ2n) is 4.77. The van der Waals surface area contributed by atoms with Gasteiger partial charge >= 0.3 is 0 Å². The first-order valence-corrected chi connectivity index (χ1v) is 6.28. The van der Waals surface area contributed by atoms with E-state index in [1.165, 1.54) is 0 Å². The van der Waals surface area contributed by atoms with Crippen molar-refractivity contribution in [3.05, 3.63) is 0 Å². The van der Waals surface area contributed by atoms with Crippen LogP contribution >= 0.6 is 0 Å². The standard InChI is InChI=1S/C12H20N2O3/c1-13-12(16)10-3-2-5-14(10)7-11(15)9-4-6-17-8-9/h9-10H,2-8H2,1H3,(H,13,16). The van der Waals surface area contributed by atoms with Crippen LogP contribution < -0.4 is 5.32 Å². The molecule has 0 spiro atoms. The number of carbonyl (C=O) groups excluding carboxylic acids is 2. The molecule has 2 atom stereocenters. The van der Waals surface area contributed by atoms with Gasteiger partial charge in [0.25, 0.3) is 0 Å². The molecule has 17 heavy (non-hydrogen) atoms. The molecular weight excluding hydrogens is 220 g/mol. The predicted molar refractivity (Wildman–Crippen MR) is 62.6 cm³/mol. The van der Waals surface area contributed by atoms with Crippen LogP contribution in [0, 0.1) is 5.92 Å². The van der Waals surface area contributed by atoms with E-state index in [1.54, 1.807) is 7.05 Å². The third-order valence-electron chi connectivity index (χ3n) is 3.66. The fourth-order valence-corrected chi connectivity index (χ4v) is 2.60. The number of carbonyl (C=O) groups is 2. The monoisotopic (exact) mass is 240 g/mol. The lowest BCUT2D eigenvalue weighted by molar-refractivity contribution is -0.128. The Labute approximate surface area is 101 Å². The van der Waals surface area contributed by atoms with Crippen molar-refractivity contribution in [3.63, 3.8) is 0 Å². The van der Waals surface area contributed by atoms with Crippen LogP contribution in [0.4, 0.5) is 0 Å². The Hall–Kier alpha value is -0.940. The summed E-state index contributed by atoms with van der Waals surface area (Å²) < 4.78 is 5.22. The Bertz CT molecular complexity index is 300. The van der Waals surface area contributed by atoms with Crippen LogP contribution in [-0.2, 0) is 14.3 Å². The van der Waals surface area contributed by atoms with E-state index < -0.39 is 0 Å². The van der Waals surface area contributed by atoms with Crippen LogP contribution in [0.1, 0.15) is 19.3 Å². The number of likely N-dealkylation sites (N-methyl/N-ethyl adjacent to an activating group) is 1. The number of nitrogens with zero attached hydrogens (tertiary/aromatic N) is 1. The van der Waals surface area contributed by atoms with Gasteiger partial charge in [-0.3, -0.25) is 14.5 Å². The molecule has 2 aliphatic heterocycles. The Morgan fingerprint density at radius 2 is 2.24 bits per heavy atom. The van der Waals surface area contributed by atoms with Crippen LogP contribution in [0.3, 0.4) is 0 Å². The molecule has 0 aromatic carbocycles. The van der Waals surface area contributed by atoms with Crippen LogP contribution in [0.25, 0.3) is 0 Å². The van der Waals surface area contributed by atoms with E-state index in [4.69, 9.17) is 4.74 Å². The van der Waals surface area contributed by atoms with Crippen LogP contribution in [-0.4, -0.2) is 56.0 Å². The van der Waals surface area contributed by atoms with Gasteiger partial charge in [0.2, 0.25) is 5.91 Å². The number of amides is 1. The van der Waals surface area contributed by atoms with Crippen molar-refractivity contribution in [3.8, 4) is 0 Å². The second-order valence-corrected chi connectivity index (χ2v) is 4.77. The molecule has 5 nitrogen and oxygen atoms in total. The van der Waals surface area contributed by atoms with E-state index in [1.807, 2.05) is 4.90 Å². The van der Waals surface area contributed by atoms with Gasteiger partial charge in [-0.1, -0.05) is 0 Å². The largest absolute Gasteiger partial charge is 0.381 e. The number of hydrogen-bond donors (Lipinski definition) is 1. The van der Waals surface area contributed by atoms with E-state index in [-0.39, 0.29) is 23.7 Å². The maximum Gasteiger partial charge on any atom is 0.237 e. The number of nitrogens with one attached hydrogen (secondary N) is 1. The highest BCUT2D eigenvalue weighted by Gasteiger charge is 2.33. The third kappa shape index (κ3) is 2.84. The molecule has 0 aliphatic carbocycles. The van der Waals surface area contributed by atoms with Crippen molar-refractivity contribution >= 4 is 11.7 Å². The molecule has 1 N–H and O–H groups in total. The van der Waals surface area contributed by atoms with E-state index in [2.05, 4.69) is 5.32 Å². The van der Waals surface area contributed by atoms with E-state index in [0.717, 1.165) is 25.8 Å². The van der Waals surface area contributed by atoms with Crippen molar-refractivity contribution in [2.75, 3.05) is 33.4 Å². The molecule has 0 radical (unpaired) electrons. The minimum Gasteiger partial charge on any atom is -0.381 e. The first-order chi connectivity index (χ1) is 8.22. The first-order valence-electron chi connectivity index (χ1n) is 6.28. The fourth-order valence-electron chi connectivity index (χ4n) is 2.60. The molecule has 0 aromatic rings. The zero-order valence-electron chi connectivity index (χ0n) is 10.3. The summed E-state index contributed by atoms with van der Waals surface area (Å²) in [6.07, 6.45) is 2.68. The molecule has 0 bridgehead atoms. The van der Waals surface area contributed by atoms with Gasteiger partial charge in [0.15, 0.2) is 5.78 Å². The number of ketones is 1. The predicted octanol–water partition coefficient (Wildman–Crippen LogP) is -0.198. The molecule has 2 unspecified atom stereocenters. The Morgan fingerprint density at radius 1 is 1.41 bits per heavy atom. The minimum atomic E-state index is -0.119. The smallest absolute Gasteiger partial charge is 0.237 e. The number of likely N-dealkylation sites (tertiary alicyclic amines) is 1. The zero-order valence-corrected chi connectivity index (χ0v) is 10.3. The Morgan fingerprint density at radius 3 is 2.88 bits per heavy atom. The lowest BCUT2D eigenvalue weighted by Gasteiger charge is -2.23. The van der Waals surface area contributed by atoms with Gasteiger partial charge in [-0.2, -0.15) is 0 Å². The quantitative estimate of drug-likeness (QED) is 0.739. The highest BCUT2D eigenvalue weighted by atomic mass is 16.5. The molecule has 0 aromatic heterocycles. The molecule has 2 fully saturated rings. The molecule has 2 aliphatic rings. The normalized spacial score (nSPS) is 29.5. The van der Waals surface area contributed by atoms with Crippen LogP contribution in [0.5, 0.6) is 0 Å². The molecule has 5 heteroatoms. The molecule has 2 rings (SSSR count). The lowest BCUT2D eigenvalue weighted by atomic mass is 10.0. The molecule has 1 amide bonds. The SMILES string of the molecule is CNC(=O)C1CCCN1CC(=O)C1CCOC1. The highest BCUT2D eigenvalue weighted by molar-refractivity contribution is 5.86. The summed E-state index contributed by atoms with van der Waals surface area (Å²) >= 11 is 0. The average Bonchev–Trinajstić information content (AvgIpc) is 2.98. The number of Topliss-reactive ketones (excluding diaryl/α,β-unsaturated/α-hetero) is 1. The zero-order chi connectivity index (χ0) is 12.3. The first kappa shape index (κ1) is 12.5. The third-order valence-corrected chi connectivity index (χ3v) is 3.66. The summed E-state index contributed by atoms with van der Waals surface area (Å²) in [5.41, 5.74) is 0. The van der Waals surface area contributed by atoms with Gasteiger partial charge in [0, 0.05) is 19.6 Å². The maximum atomic E-state index is 12.0. The van der Waals surface area contributed by atoms with Crippen molar-refractivity contribution in [1.29, 1.82) is 0 Å². The van der Waals surface area contributed by atoms with Gasteiger partial charge in [0.05, 0.1) is 19.2 Å². The van der Waals surface area contributed by atoms with Crippen molar-refractivity contribution in [2.45, 2.75) is 25.3 Å². The Balaban J connectivity index is 1.88. The number of hydrogen-bond acceptors (Lipinski definition) is 4. The summed E-state index contributed by atoms with van der Waals surface area (Å²) in [5.74, 6) is 0.289. The van der Waals surface area contributed by atoms with Crippen LogP contribution in [0.15, 0.2) is 0 Å². The van der Waals surface area contributed by atoms with Crippen LogP contribution in [0.2, 0.25) is 0 Å². The number of ether oxygens (including phenoxy) is 1. The minimum absolute atomic E-state index is 0.0259. The molecule has 2 heterocycles. The van der Waals surface area contributed by atoms with Crippen molar-refractivity contribution in [1.82, 2.24) is 10.2 Å². The fraction of sp³-hybridized carbons (Fsp3) is 0.833. The molecule has 96 valence electrons. The summed E-state index contributed by atoms with van der Waals surface area (Å²) in [4.78, 5) is 25.6. The van der Waals surface area contributed by atoms with Crippen molar-refractivity contribution < 1.29 is 14.3 Å². The molecule has 2 saturated heterocycles. The van der Waals surface area contributed by atoms with Gasteiger partial charge in [-0.25, -0.2) is 0 Å². The highest BCUT2D eigenvalue weighted by Crippen LogP contribution is 2.20. The van der Waals surface area contributed by atoms with Gasteiger partial charge in [-0.15, -0.1) is 0 Å². The van der Waals surface area contributed by atoms with Gasteiger partial charge in [-0.05, 0) is 25.8 Å². The summed E-state index contributed by atoms with van der Waals surface area (Å²) in [5, 5.41) is 2.66. The Kier molecular flexibility index (Phi) is 4.12. The average molecular weight is 240 g/mol. The van der Waals surface area contributed by atoms with E-state index in [0.29, 0.717) is 19.8 Å². The van der Waals surface area contributed by atoms with E-state index >= 15 is 0 Å². The summed E-state index contributed by atoms with van der Waals surface area (Å²) in [6, 6.07) is -0.119. The van der Waals surface area contributed by atoms with E-state index in [9.17, 15) is 9.59 Å². The maximum absolute atomic E-state index is 12.0. The second kappa shape index (κ2) is 5.60. The lowest BCUT2D eigenvalue weighted by Crippen LogP contribution is -2.45. The molecular formula is C12H20N2O3. The van der Waals surface area contributed by atoms with Gasteiger partial charge < -0.3 is 10.1 Å².